The lowest BCUT2D eigenvalue weighted by Gasteiger charge is -2.31. The van der Waals surface area contributed by atoms with Gasteiger partial charge in [0.25, 0.3) is 0 Å². The van der Waals surface area contributed by atoms with Crippen LogP contribution in [-0.2, 0) is 10.0 Å². The number of rotatable bonds is 4. The van der Waals surface area contributed by atoms with Crippen molar-refractivity contribution in [2.45, 2.75) is 24.2 Å². The van der Waals surface area contributed by atoms with Crippen molar-refractivity contribution in [2.75, 3.05) is 25.4 Å². The SMILES string of the molecule is Nc1c(F)ccc(S(=O)(=O)N2CCCC(CCO)C2)c1F. The summed E-state index contributed by atoms with van der Waals surface area (Å²) in [6, 6.07) is 1.74. The van der Waals surface area contributed by atoms with Gasteiger partial charge in [0, 0.05) is 19.7 Å². The average Bonchev–Trinajstić information content (AvgIpc) is 2.45. The summed E-state index contributed by atoms with van der Waals surface area (Å²) in [7, 11) is -4.05. The molecule has 0 aromatic heterocycles. The third-order valence-corrected chi connectivity index (χ3v) is 5.61. The fourth-order valence-corrected chi connectivity index (χ4v) is 4.18. The number of halogens is 2. The van der Waals surface area contributed by atoms with Gasteiger partial charge in [-0.3, -0.25) is 0 Å². The van der Waals surface area contributed by atoms with Crippen molar-refractivity contribution < 1.29 is 22.3 Å². The maximum absolute atomic E-state index is 13.9. The van der Waals surface area contributed by atoms with E-state index in [-0.39, 0.29) is 25.6 Å². The minimum absolute atomic E-state index is 0.0174. The topological polar surface area (TPSA) is 83.6 Å². The zero-order valence-electron chi connectivity index (χ0n) is 11.4. The summed E-state index contributed by atoms with van der Waals surface area (Å²) in [6.07, 6.45) is 1.96. The lowest BCUT2D eigenvalue weighted by molar-refractivity contribution is 0.202. The van der Waals surface area contributed by atoms with E-state index in [9.17, 15) is 17.2 Å². The number of benzene rings is 1. The predicted octanol–water partition coefficient (Wildman–Crippen LogP) is 1.33. The molecule has 0 saturated carbocycles. The Morgan fingerprint density at radius 2 is 2.10 bits per heavy atom. The van der Waals surface area contributed by atoms with Crippen LogP contribution >= 0.6 is 0 Å². The van der Waals surface area contributed by atoms with Crippen LogP contribution in [0.1, 0.15) is 19.3 Å². The van der Waals surface area contributed by atoms with Crippen LogP contribution < -0.4 is 5.73 Å². The summed E-state index contributed by atoms with van der Waals surface area (Å²) in [6.45, 7) is 0.483. The van der Waals surface area contributed by atoms with E-state index in [0.717, 1.165) is 18.6 Å². The van der Waals surface area contributed by atoms with E-state index in [2.05, 4.69) is 0 Å². The number of aliphatic hydroxyl groups excluding tert-OH is 1. The van der Waals surface area contributed by atoms with Gasteiger partial charge in [0.05, 0.1) is 0 Å². The van der Waals surface area contributed by atoms with Crippen LogP contribution in [-0.4, -0.2) is 37.5 Å². The van der Waals surface area contributed by atoms with Crippen molar-refractivity contribution in [1.82, 2.24) is 4.31 Å². The fourth-order valence-electron chi connectivity index (χ4n) is 2.55. The van der Waals surface area contributed by atoms with Gasteiger partial charge in [-0.15, -0.1) is 0 Å². The molecule has 0 amide bonds. The number of nitrogens with zero attached hydrogens (tertiary/aromatic N) is 1. The van der Waals surface area contributed by atoms with Gasteiger partial charge in [0.15, 0.2) is 5.82 Å². The third-order valence-electron chi connectivity index (χ3n) is 3.73. The standard InChI is InChI=1S/C13H18F2N2O3S/c14-10-3-4-11(12(15)13(10)16)21(19,20)17-6-1-2-9(8-17)5-7-18/h3-4,9,18H,1-2,5-8,16H2. The van der Waals surface area contributed by atoms with Crippen molar-refractivity contribution in [3.63, 3.8) is 0 Å². The summed E-state index contributed by atoms with van der Waals surface area (Å²) in [5.41, 5.74) is 4.43. The molecular formula is C13H18F2N2O3S. The molecule has 0 bridgehead atoms. The van der Waals surface area contributed by atoms with Gasteiger partial charge in [0.2, 0.25) is 10.0 Å². The second kappa shape index (κ2) is 6.25. The number of anilines is 1. The molecule has 1 saturated heterocycles. The molecule has 1 unspecified atom stereocenters. The highest BCUT2D eigenvalue weighted by atomic mass is 32.2. The summed E-state index contributed by atoms with van der Waals surface area (Å²) in [4.78, 5) is -0.606. The molecular weight excluding hydrogens is 302 g/mol. The first-order valence-electron chi connectivity index (χ1n) is 6.72. The Hall–Kier alpha value is -1.25. The first kappa shape index (κ1) is 16.1. The molecule has 8 heteroatoms. The van der Waals surface area contributed by atoms with Crippen molar-refractivity contribution in [2.24, 2.45) is 5.92 Å². The van der Waals surface area contributed by atoms with Crippen LogP contribution in [0.4, 0.5) is 14.5 Å². The van der Waals surface area contributed by atoms with Crippen molar-refractivity contribution in [3.8, 4) is 0 Å². The highest BCUT2D eigenvalue weighted by Gasteiger charge is 2.32. The number of aliphatic hydroxyl groups is 1. The molecule has 1 aliphatic heterocycles. The summed E-state index contributed by atoms with van der Waals surface area (Å²) in [5, 5.41) is 8.95. The van der Waals surface area contributed by atoms with Crippen LogP contribution in [0.5, 0.6) is 0 Å². The largest absolute Gasteiger partial charge is 0.396 e. The third kappa shape index (κ3) is 3.17. The maximum atomic E-state index is 13.9. The molecule has 118 valence electrons. The Labute approximate surface area is 122 Å². The normalized spacial score (nSPS) is 20.6. The molecule has 1 aromatic rings. The van der Waals surface area contributed by atoms with Crippen LogP contribution in [0.3, 0.4) is 0 Å². The average molecular weight is 320 g/mol. The zero-order valence-corrected chi connectivity index (χ0v) is 12.2. The van der Waals surface area contributed by atoms with Crippen LogP contribution in [0, 0.1) is 17.6 Å². The molecule has 1 fully saturated rings. The Morgan fingerprint density at radius 3 is 2.76 bits per heavy atom. The molecule has 1 atom stereocenters. The minimum atomic E-state index is -4.05. The zero-order chi connectivity index (χ0) is 15.6. The van der Waals surface area contributed by atoms with Gasteiger partial charge in [0.1, 0.15) is 16.4 Å². The smallest absolute Gasteiger partial charge is 0.246 e. The lowest BCUT2D eigenvalue weighted by Crippen LogP contribution is -2.40. The van der Waals surface area contributed by atoms with Gasteiger partial charge < -0.3 is 10.8 Å². The quantitative estimate of drug-likeness (QED) is 0.820. The first-order chi connectivity index (χ1) is 9.87. The Morgan fingerprint density at radius 1 is 1.38 bits per heavy atom. The molecule has 21 heavy (non-hydrogen) atoms. The Kier molecular flexibility index (Phi) is 4.80. The van der Waals surface area contributed by atoms with Crippen LogP contribution in [0.15, 0.2) is 17.0 Å². The number of nitrogens with two attached hydrogens (primary N) is 1. The van der Waals surface area contributed by atoms with Gasteiger partial charge in [-0.2, -0.15) is 4.31 Å². The number of piperidine rings is 1. The number of nitrogen functional groups attached to an aromatic ring is 1. The van der Waals surface area contributed by atoms with Crippen molar-refractivity contribution >= 4 is 15.7 Å². The van der Waals surface area contributed by atoms with E-state index in [0.29, 0.717) is 12.8 Å². The van der Waals surface area contributed by atoms with E-state index in [1.54, 1.807) is 0 Å². The highest BCUT2D eigenvalue weighted by Crippen LogP contribution is 2.29. The van der Waals surface area contributed by atoms with Gasteiger partial charge in [-0.25, -0.2) is 17.2 Å². The number of sulfonamides is 1. The van der Waals surface area contributed by atoms with Gasteiger partial charge in [-0.1, -0.05) is 0 Å². The van der Waals surface area contributed by atoms with E-state index in [4.69, 9.17) is 10.8 Å². The summed E-state index contributed by atoms with van der Waals surface area (Å²) < 4.78 is 53.2. The number of hydrogen-bond donors (Lipinski definition) is 2. The molecule has 0 radical (unpaired) electrons. The van der Waals surface area contributed by atoms with Gasteiger partial charge >= 0.3 is 0 Å². The fraction of sp³-hybridized carbons (Fsp3) is 0.538. The molecule has 1 aromatic carbocycles. The van der Waals surface area contributed by atoms with Gasteiger partial charge in [-0.05, 0) is 37.3 Å². The minimum Gasteiger partial charge on any atom is -0.396 e. The van der Waals surface area contributed by atoms with E-state index in [1.165, 1.54) is 4.31 Å². The summed E-state index contributed by atoms with van der Waals surface area (Å²) in [5.74, 6) is -2.19. The van der Waals surface area contributed by atoms with Crippen molar-refractivity contribution in [1.29, 1.82) is 0 Å². The molecule has 2 rings (SSSR count). The molecule has 0 aliphatic carbocycles. The lowest BCUT2D eigenvalue weighted by atomic mass is 9.97. The van der Waals surface area contributed by atoms with Crippen molar-refractivity contribution in [3.05, 3.63) is 23.8 Å². The predicted molar refractivity (Wildman–Crippen MR) is 74.0 cm³/mol. The second-order valence-corrected chi connectivity index (χ2v) is 7.06. The number of hydrogen-bond acceptors (Lipinski definition) is 4. The molecule has 5 nitrogen and oxygen atoms in total. The monoisotopic (exact) mass is 320 g/mol. The molecule has 1 heterocycles. The van der Waals surface area contributed by atoms with Crippen LogP contribution in [0.25, 0.3) is 0 Å². The van der Waals surface area contributed by atoms with E-state index in [1.807, 2.05) is 0 Å². The van der Waals surface area contributed by atoms with Crippen LogP contribution in [0.2, 0.25) is 0 Å². The summed E-state index contributed by atoms with van der Waals surface area (Å²) >= 11 is 0. The van der Waals surface area contributed by atoms with E-state index < -0.39 is 32.2 Å². The first-order valence-corrected chi connectivity index (χ1v) is 8.16. The molecule has 0 spiro atoms. The Balaban J connectivity index is 2.32. The Bertz CT molecular complexity index is 620. The maximum Gasteiger partial charge on any atom is 0.246 e. The molecule has 1 aliphatic rings. The molecule has 3 N–H and O–H groups in total. The second-order valence-electron chi connectivity index (χ2n) is 5.16. The van der Waals surface area contributed by atoms with E-state index >= 15 is 0 Å². The highest BCUT2D eigenvalue weighted by molar-refractivity contribution is 7.89.